The second kappa shape index (κ2) is 7.38. The van der Waals surface area contributed by atoms with E-state index in [1.165, 1.54) is 16.9 Å². The highest BCUT2D eigenvalue weighted by atomic mass is 32.1. The zero-order chi connectivity index (χ0) is 15.2. The Bertz CT molecular complexity index is 579. The lowest BCUT2D eigenvalue weighted by Gasteiger charge is -2.32. The van der Waals surface area contributed by atoms with Crippen molar-refractivity contribution in [2.45, 2.75) is 25.4 Å². The standard InChI is InChI=1S/C16H20N4OS/c21-15(19-16-17-8-11-22-16)18-14-6-9-20(10-7-14)12-13-4-2-1-3-5-13/h1-5,8,11,14H,6-7,9-10,12H2,(H2,17,18,19,21). The summed E-state index contributed by atoms with van der Waals surface area (Å²) in [4.78, 5) is 18.4. The van der Waals surface area contributed by atoms with Gasteiger partial charge in [-0.05, 0) is 18.4 Å². The SMILES string of the molecule is O=C(Nc1nccs1)NC1CCN(Cc2ccccc2)CC1. The molecule has 1 aromatic carbocycles. The summed E-state index contributed by atoms with van der Waals surface area (Å²) in [5.41, 5.74) is 1.34. The fraction of sp³-hybridized carbons (Fsp3) is 0.375. The van der Waals surface area contributed by atoms with Crippen LogP contribution >= 0.6 is 11.3 Å². The number of nitrogens with one attached hydrogen (secondary N) is 2. The van der Waals surface area contributed by atoms with Crippen molar-refractivity contribution in [1.29, 1.82) is 0 Å². The molecule has 0 unspecified atom stereocenters. The van der Waals surface area contributed by atoms with Crippen LogP contribution in [0.2, 0.25) is 0 Å². The van der Waals surface area contributed by atoms with Gasteiger partial charge in [-0.2, -0.15) is 0 Å². The summed E-state index contributed by atoms with van der Waals surface area (Å²) >= 11 is 1.42. The Labute approximate surface area is 134 Å². The second-order valence-electron chi connectivity index (χ2n) is 5.47. The van der Waals surface area contributed by atoms with Gasteiger partial charge in [0.1, 0.15) is 0 Å². The van der Waals surface area contributed by atoms with Crippen LogP contribution in [0.1, 0.15) is 18.4 Å². The number of benzene rings is 1. The predicted octanol–water partition coefficient (Wildman–Crippen LogP) is 2.93. The molecule has 1 aliphatic heterocycles. The minimum atomic E-state index is -0.156. The number of aromatic nitrogens is 1. The van der Waals surface area contributed by atoms with E-state index in [0.717, 1.165) is 32.5 Å². The Morgan fingerprint density at radius 3 is 2.73 bits per heavy atom. The van der Waals surface area contributed by atoms with Crippen molar-refractivity contribution in [3.8, 4) is 0 Å². The van der Waals surface area contributed by atoms with Gasteiger partial charge in [-0.3, -0.25) is 10.2 Å². The third kappa shape index (κ3) is 4.29. The number of carbonyl (C=O) groups excluding carboxylic acids is 1. The molecule has 3 rings (SSSR count). The maximum atomic E-state index is 11.9. The highest BCUT2D eigenvalue weighted by Crippen LogP contribution is 2.14. The van der Waals surface area contributed by atoms with E-state index in [2.05, 4.69) is 44.8 Å². The highest BCUT2D eigenvalue weighted by Gasteiger charge is 2.20. The molecule has 1 fully saturated rings. The van der Waals surface area contributed by atoms with Gasteiger partial charge < -0.3 is 5.32 Å². The average molecular weight is 316 g/mol. The lowest BCUT2D eigenvalue weighted by atomic mass is 10.0. The van der Waals surface area contributed by atoms with E-state index < -0.39 is 0 Å². The molecule has 0 aliphatic carbocycles. The first-order valence-corrected chi connectivity index (χ1v) is 8.41. The summed E-state index contributed by atoms with van der Waals surface area (Å²) < 4.78 is 0. The average Bonchev–Trinajstić information content (AvgIpc) is 3.03. The van der Waals surface area contributed by atoms with E-state index in [0.29, 0.717) is 5.13 Å². The van der Waals surface area contributed by atoms with Crippen LogP contribution in [0.25, 0.3) is 0 Å². The third-order valence-electron chi connectivity index (χ3n) is 3.82. The maximum absolute atomic E-state index is 11.9. The molecule has 1 saturated heterocycles. The van der Waals surface area contributed by atoms with Gasteiger partial charge in [0.05, 0.1) is 0 Å². The number of likely N-dealkylation sites (tertiary alicyclic amines) is 1. The fourth-order valence-corrected chi connectivity index (χ4v) is 3.20. The van der Waals surface area contributed by atoms with Crippen LogP contribution in [0.3, 0.4) is 0 Å². The van der Waals surface area contributed by atoms with Gasteiger partial charge in [-0.25, -0.2) is 9.78 Å². The molecule has 5 nitrogen and oxygen atoms in total. The van der Waals surface area contributed by atoms with Crippen LogP contribution < -0.4 is 10.6 Å². The van der Waals surface area contributed by atoms with Crippen molar-refractivity contribution in [3.05, 3.63) is 47.5 Å². The monoisotopic (exact) mass is 316 g/mol. The lowest BCUT2D eigenvalue weighted by molar-refractivity contribution is 0.190. The summed E-state index contributed by atoms with van der Waals surface area (Å²) in [7, 11) is 0. The first-order chi connectivity index (χ1) is 10.8. The Hall–Kier alpha value is -1.92. The van der Waals surface area contributed by atoms with Gasteiger partial charge in [0, 0.05) is 37.3 Å². The highest BCUT2D eigenvalue weighted by molar-refractivity contribution is 7.13. The zero-order valence-electron chi connectivity index (χ0n) is 12.4. The minimum absolute atomic E-state index is 0.156. The number of hydrogen-bond acceptors (Lipinski definition) is 4. The van der Waals surface area contributed by atoms with Crippen LogP contribution in [0.5, 0.6) is 0 Å². The Kier molecular flexibility index (Phi) is 5.03. The van der Waals surface area contributed by atoms with Crippen LogP contribution in [0, 0.1) is 0 Å². The van der Waals surface area contributed by atoms with Crippen molar-refractivity contribution in [2.75, 3.05) is 18.4 Å². The van der Waals surface area contributed by atoms with Gasteiger partial charge in [-0.1, -0.05) is 30.3 Å². The molecule has 0 bridgehead atoms. The number of thiazole rings is 1. The molecule has 1 aliphatic rings. The van der Waals surface area contributed by atoms with E-state index in [9.17, 15) is 4.79 Å². The predicted molar refractivity (Wildman–Crippen MR) is 89.0 cm³/mol. The number of rotatable bonds is 4. The molecule has 0 atom stereocenters. The van der Waals surface area contributed by atoms with E-state index in [4.69, 9.17) is 0 Å². The quantitative estimate of drug-likeness (QED) is 0.912. The Balaban J connectivity index is 1.41. The third-order valence-corrected chi connectivity index (χ3v) is 4.51. The summed E-state index contributed by atoms with van der Waals surface area (Å²) in [5, 5.41) is 8.28. The van der Waals surface area contributed by atoms with E-state index in [1.54, 1.807) is 6.20 Å². The first-order valence-electron chi connectivity index (χ1n) is 7.53. The molecule has 1 aromatic heterocycles. The molecule has 0 radical (unpaired) electrons. The maximum Gasteiger partial charge on any atom is 0.321 e. The van der Waals surface area contributed by atoms with Crippen LogP contribution in [-0.2, 0) is 6.54 Å². The van der Waals surface area contributed by atoms with Crippen molar-refractivity contribution < 1.29 is 4.79 Å². The smallest absolute Gasteiger partial charge is 0.321 e. The second-order valence-corrected chi connectivity index (χ2v) is 6.37. The van der Waals surface area contributed by atoms with Gasteiger partial charge in [0.15, 0.2) is 5.13 Å². The van der Waals surface area contributed by atoms with Crippen molar-refractivity contribution in [3.63, 3.8) is 0 Å². The van der Waals surface area contributed by atoms with Crippen molar-refractivity contribution >= 4 is 22.5 Å². The molecule has 0 saturated carbocycles. The number of nitrogens with zero attached hydrogens (tertiary/aromatic N) is 2. The number of amides is 2. The van der Waals surface area contributed by atoms with Crippen LogP contribution in [0.4, 0.5) is 9.93 Å². The summed E-state index contributed by atoms with van der Waals surface area (Å²) in [6.07, 6.45) is 3.65. The fourth-order valence-electron chi connectivity index (χ4n) is 2.68. The molecular weight excluding hydrogens is 296 g/mol. The molecule has 2 N–H and O–H groups in total. The minimum Gasteiger partial charge on any atom is -0.335 e. The van der Waals surface area contributed by atoms with Gasteiger partial charge in [-0.15, -0.1) is 11.3 Å². The van der Waals surface area contributed by atoms with Crippen LogP contribution in [0.15, 0.2) is 41.9 Å². The number of piperidine rings is 1. The molecule has 116 valence electrons. The number of hydrogen-bond donors (Lipinski definition) is 2. The Morgan fingerprint density at radius 2 is 2.05 bits per heavy atom. The first kappa shape index (κ1) is 15.0. The van der Waals surface area contributed by atoms with E-state index >= 15 is 0 Å². The number of urea groups is 1. The molecule has 0 spiro atoms. The molecule has 6 heteroatoms. The van der Waals surface area contributed by atoms with Gasteiger partial charge in [0.2, 0.25) is 0 Å². The van der Waals surface area contributed by atoms with Crippen molar-refractivity contribution in [2.24, 2.45) is 0 Å². The number of anilines is 1. The Morgan fingerprint density at radius 1 is 1.27 bits per heavy atom. The van der Waals surface area contributed by atoms with E-state index in [-0.39, 0.29) is 12.1 Å². The van der Waals surface area contributed by atoms with Crippen molar-refractivity contribution in [1.82, 2.24) is 15.2 Å². The molecule has 2 amide bonds. The summed E-state index contributed by atoms with van der Waals surface area (Å²) in [6, 6.07) is 10.6. The van der Waals surface area contributed by atoms with Gasteiger partial charge in [0.25, 0.3) is 0 Å². The molecular formula is C16H20N4OS. The molecule has 2 heterocycles. The van der Waals surface area contributed by atoms with Gasteiger partial charge >= 0.3 is 6.03 Å². The normalized spacial score (nSPS) is 16.4. The molecule has 22 heavy (non-hydrogen) atoms. The van der Waals surface area contributed by atoms with E-state index in [1.807, 2.05) is 11.4 Å². The largest absolute Gasteiger partial charge is 0.335 e. The van der Waals surface area contributed by atoms with Crippen LogP contribution in [-0.4, -0.2) is 35.0 Å². The number of carbonyl (C=O) groups is 1. The molecule has 2 aromatic rings. The topological polar surface area (TPSA) is 57.3 Å². The summed E-state index contributed by atoms with van der Waals surface area (Å²) in [6.45, 7) is 3.01. The zero-order valence-corrected chi connectivity index (χ0v) is 13.2. The summed E-state index contributed by atoms with van der Waals surface area (Å²) in [5.74, 6) is 0. The lowest BCUT2D eigenvalue weighted by Crippen LogP contribution is -2.45.